The van der Waals surface area contributed by atoms with Crippen molar-refractivity contribution in [3.8, 4) is 5.75 Å². The van der Waals surface area contributed by atoms with Crippen LogP contribution in [-0.2, 0) is 6.42 Å². The minimum Gasteiger partial charge on any atom is -0.497 e. The number of rotatable bonds is 8. The van der Waals surface area contributed by atoms with E-state index >= 15 is 0 Å². The van der Waals surface area contributed by atoms with E-state index in [0.717, 1.165) is 50.6 Å². The molecule has 152 valence electrons. The second kappa shape index (κ2) is 9.98. The monoisotopic (exact) mass is 402 g/mol. The van der Waals surface area contributed by atoms with Crippen molar-refractivity contribution in [1.29, 1.82) is 0 Å². The number of methoxy groups -OCH3 is 1. The van der Waals surface area contributed by atoms with Crippen molar-refractivity contribution < 1.29 is 9.53 Å². The number of amides is 1. The number of ether oxygens (including phenoxy) is 1. The highest BCUT2D eigenvalue weighted by atomic mass is 32.1. The average molecular weight is 403 g/mol. The Morgan fingerprint density at radius 1 is 1.43 bits per heavy atom. The van der Waals surface area contributed by atoms with Crippen LogP contribution in [0, 0.1) is 12.8 Å². The number of hydrogen-bond acceptors (Lipinski definition) is 6. The van der Waals surface area contributed by atoms with Gasteiger partial charge in [-0.05, 0) is 74.8 Å². The van der Waals surface area contributed by atoms with Gasteiger partial charge in [0.2, 0.25) is 0 Å². The van der Waals surface area contributed by atoms with Crippen LogP contribution in [0.25, 0.3) is 0 Å². The largest absolute Gasteiger partial charge is 0.497 e. The molecule has 28 heavy (non-hydrogen) atoms. The summed E-state index contributed by atoms with van der Waals surface area (Å²) < 4.78 is 9.23. The van der Waals surface area contributed by atoms with Crippen LogP contribution in [-0.4, -0.2) is 65.1 Å². The van der Waals surface area contributed by atoms with E-state index in [9.17, 15) is 4.79 Å². The second-order valence-corrected chi connectivity index (χ2v) is 8.20. The predicted molar refractivity (Wildman–Crippen MR) is 112 cm³/mol. The summed E-state index contributed by atoms with van der Waals surface area (Å²) >= 11 is 1.20. The summed E-state index contributed by atoms with van der Waals surface area (Å²) in [5.41, 5.74) is 2.04. The molecule has 2 aromatic rings. The quantitative estimate of drug-likeness (QED) is 0.678. The Balaban J connectivity index is 1.53. The number of piperidine rings is 1. The van der Waals surface area contributed by atoms with E-state index < -0.39 is 0 Å². The zero-order valence-corrected chi connectivity index (χ0v) is 17.9. The lowest BCUT2D eigenvalue weighted by Crippen LogP contribution is -2.43. The Morgan fingerprint density at radius 3 is 3.00 bits per heavy atom. The van der Waals surface area contributed by atoms with E-state index in [0.29, 0.717) is 10.8 Å². The van der Waals surface area contributed by atoms with Gasteiger partial charge in [0, 0.05) is 26.2 Å². The number of nitrogens with zero attached hydrogens (tertiary/aromatic N) is 4. The second-order valence-electron chi connectivity index (χ2n) is 7.44. The van der Waals surface area contributed by atoms with Gasteiger partial charge < -0.3 is 14.5 Å². The normalized spacial score (nSPS) is 17.5. The van der Waals surface area contributed by atoms with Gasteiger partial charge in [-0.25, -0.2) is 0 Å². The summed E-state index contributed by atoms with van der Waals surface area (Å²) in [6.07, 6.45) is 3.39. The smallest absolute Gasteiger partial charge is 0.267 e. The zero-order chi connectivity index (χ0) is 19.9. The summed E-state index contributed by atoms with van der Waals surface area (Å²) in [5, 5.41) is 3.98. The van der Waals surface area contributed by atoms with Gasteiger partial charge in [0.1, 0.15) is 10.6 Å². The highest BCUT2D eigenvalue weighted by Crippen LogP contribution is 2.21. The summed E-state index contributed by atoms with van der Waals surface area (Å²) in [5.74, 6) is 1.51. The molecule has 3 rings (SSSR count). The average Bonchev–Trinajstić information content (AvgIpc) is 3.16. The fourth-order valence-electron chi connectivity index (χ4n) is 3.86. The fraction of sp³-hybridized carbons (Fsp3) is 0.571. The first-order valence-corrected chi connectivity index (χ1v) is 10.8. The molecule has 0 aliphatic carbocycles. The van der Waals surface area contributed by atoms with Gasteiger partial charge >= 0.3 is 0 Å². The van der Waals surface area contributed by atoms with E-state index in [1.807, 2.05) is 30.9 Å². The molecule has 1 saturated heterocycles. The van der Waals surface area contributed by atoms with E-state index in [1.54, 1.807) is 7.11 Å². The number of benzene rings is 1. The topological polar surface area (TPSA) is 58.6 Å². The minimum atomic E-state index is 0.0727. The van der Waals surface area contributed by atoms with Crippen LogP contribution in [0.5, 0.6) is 5.75 Å². The number of hydrogen-bond donors (Lipinski definition) is 0. The van der Waals surface area contributed by atoms with Gasteiger partial charge in [-0.15, -0.1) is 5.10 Å². The van der Waals surface area contributed by atoms with E-state index in [-0.39, 0.29) is 5.91 Å². The molecule has 0 unspecified atom stereocenters. The lowest BCUT2D eigenvalue weighted by molar-refractivity contribution is 0.0694. The molecule has 0 N–H and O–H groups in total. The molecule has 1 atom stereocenters. The molecule has 1 aliphatic heterocycles. The molecular weight excluding hydrogens is 372 g/mol. The molecule has 1 aliphatic rings. The van der Waals surface area contributed by atoms with Crippen molar-refractivity contribution in [3.05, 3.63) is 40.4 Å². The van der Waals surface area contributed by atoms with Gasteiger partial charge in [0.25, 0.3) is 5.91 Å². The van der Waals surface area contributed by atoms with Crippen molar-refractivity contribution in [2.45, 2.75) is 33.1 Å². The van der Waals surface area contributed by atoms with Gasteiger partial charge in [0.15, 0.2) is 0 Å². The molecule has 1 aromatic heterocycles. The van der Waals surface area contributed by atoms with Crippen LogP contribution in [0.2, 0.25) is 0 Å². The molecule has 6 nitrogen and oxygen atoms in total. The van der Waals surface area contributed by atoms with Crippen LogP contribution in [0.15, 0.2) is 24.3 Å². The Bertz CT molecular complexity index is 779. The van der Waals surface area contributed by atoms with Gasteiger partial charge in [-0.3, -0.25) is 4.79 Å². The fourth-order valence-corrected chi connectivity index (χ4v) is 4.48. The third kappa shape index (κ3) is 5.29. The molecule has 0 bridgehead atoms. The maximum absolute atomic E-state index is 12.8. The number of aromatic nitrogens is 2. The highest BCUT2D eigenvalue weighted by molar-refractivity contribution is 7.07. The van der Waals surface area contributed by atoms with E-state index in [1.165, 1.54) is 29.9 Å². The summed E-state index contributed by atoms with van der Waals surface area (Å²) in [7, 11) is 1.71. The van der Waals surface area contributed by atoms with Crippen LogP contribution in [0.4, 0.5) is 0 Å². The van der Waals surface area contributed by atoms with Crippen molar-refractivity contribution in [3.63, 3.8) is 0 Å². The zero-order valence-electron chi connectivity index (χ0n) is 17.1. The molecule has 0 saturated carbocycles. The highest BCUT2D eigenvalue weighted by Gasteiger charge is 2.26. The third-order valence-corrected chi connectivity index (χ3v) is 6.26. The molecule has 7 heteroatoms. The Kier molecular flexibility index (Phi) is 7.39. The molecule has 1 aromatic carbocycles. The summed E-state index contributed by atoms with van der Waals surface area (Å²) in [6.45, 7) is 8.66. The van der Waals surface area contributed by atoms with Crippen molar-refractivity contribution in [2.24, 2.45) is 5.92 Å². The van der Waals surface area contributed by atoms with E-state index in [2.05, 4.69) is 26.6 Å². The summed E-state index contributed by atoms with van der Waals surface area (Å²) in [6, 6.07) is 8.31. The molecule has 0 radical (unpaired) electrons. The maximum Gasteiger partial charge on any atom is 0.267 e. The molecular formula is C21H30N4O2S. The van der Waals surface area contributed by atoms with Gasteiger partial charge in [0.05, 0.1) is 12.8 Å². The molecule has 2 heterocycles. The lowest BCUT2D eigenvalue weighted by atomic mass is 9.96. The minimum absolute atomic E-state index is 0.0727. The molecule has 1 fully saturated rings. The first-order valence-electron chi connectivity index (χ1n) is 10.0. The van der Waals surface area contributed by atoms with Crippen LogP contribution in [0.1, 0.15) is 40.7 Å². The Labute approximate surface area is 171 Å². The Morgan fingerprint density at radius 2 is 2.29 bits per heavy atom. The van der Waals surface area contributed by atoms with E-state index in [4.69, 9.17) is 4.74 Å². The summed E-state index contributed by atoms with van der Waals surface area (Å²) in [4.78, 5) is 18.0. The van der Waals surface area contributed by atoms with Crippen LogP contribution >= 0.6 is 11.5 Å². The first-order chi connectivity index (χ1) is 13.6. The standard InChI is InChI=1S/C21H30N4O2S/c1-4-25(21(26)20-16(2)22-23-28-20)15-18-8-6-11-24(14-18)12-10-17-7-5-9-19(13-17)27-3/h5,7,9,13,18H,4,6,8,10-12,14-15H2,1-3H3/t18-/m1/s1. The SMILES string of the molecule is CCN(C[C@@H]1CCCN(CCc2cccc(OC)c2)C1)C(=O)c1snnc1C. The molecule has 1 amide bonds. The number of carbonyl (C=O) groups excluding carboxylic acids is 1. The van der Waals surface area contributed by atoms with Gasteiger partial charge in [-0.2, -0.15) is 0 Å². The van der Waals surface area contributed by atoms with Crippen molar-refractivity contribution in [1.82, 2.24) is 19.4 Å². The molecule has 0 spiro atoms. The van der Waals surface area contributed by atoms with Crippen LogP contribution < -0.4 is 4.74 Å². The Hall–Kier alpha value is -1.99. The third-order valence-electron chi connectivity index (χ3n) is 5.45. The van der Waals surface area contributed by atoms with Gasteiger partial charge in [-0.1, -0.05) is 16.6 Å². The number of carbonyl (C=O) groups is 1. The van der Waals surface area contributed by atoms with Crippen LogP contribution in [0.3, 0.4) is 0 Å². The maximum atomic E-state index is 12.8. The lowest BCUT2D eigenvalue weighted by Gasteiger charge is -2.35. The predicted octanol–water partition coefficient (Wildman–Crippen LogP) is 3.27. The first kappa shape index (κ1) is 20.7. The van der Waals surface area contributed by atoms with Crippen molar-refractivity contribution in [2.75, 3.05) is 39.8 Å². The number of aryl methyl sites for hydroxylation is 1. The number of likely N-dealkylation sites (tertiary alicyclic amines) is 1. The van der Waals surface area contributed by atoms with Crippen molar-refractivity contribution >= 4 is 17.4 Å².